The second-order valence-corrected chi connectivity index (χ2v) is 7.63. The van der Waals surface area contributed by atoms with Crippen LogP contribution in [0.3, 0.4) is 0 Å². The van der Waals surface area contributed by atoms with Crippen LogP contribution in [0, 0.1) is 0 Å². The van der Waals surface area contributed by atoms with E-state index in [4.69, 9.17) is 21.1 Å². The van der Waals surface area contributed by atoms with Gasteiger partial charge in [0.05, 0.1) is 0 Å². The Kier molecular flexibility index (Phi) is 7.57. The molecule has 0 unspecified atom stereocenters. The first-order valence-corrected chi connectivity index (χ1v) is 10.6. The molecule has 6 nitrogen and oxygen atoms in total. The van der Waals surface area contributed by atoms with Gasteiger partial charge in [0.1, 0.15) is 19.3 Å². The number of carbonyl (C=O) groups is 2. The Labute approximate surface area is 182 Å². The molecule has 1 aliphatic rings. The molecule has 0 aliphatic carbocycles. The zero-order valence-corrected chi connectivity index (χ0v) is 18.1. The molecule has 7 heteroatoms. The molecule has 0 saturated carbocycles. The van der Waals surface area contributed by atoms with E-state index in [2.05, 4.69) is 5.32 Å². The monoisotopic (exact) mass is 430 g/mol. The Bertz CT molecular complexity index is 885. The van der Waals surface area contributed by atoms with Gasteiger partial charge in [-0.1, -0.05) is 29.8 Å². The summed E-state index contributed by atoms with van der Waals surface area (Å²) in [5, 5.41) is 3.43. The van der Waals surface area contributed by atoms with Crippen LogP contribution in [0.1, 0.15) is 31.4 Å². The Balaban J connectivity index is 1.70. The zero-order valence-electron chi connectivity index (χ0n) is 17.3. The summed E-state index contributed by atoms with van der Waals surface area (Å²) in [6.45, 7) is 5.54. The van der Waals surface area contributed by atoms with Gasteiger partial charge in [-0.25, -0.2) is 0 Å². The number of likely N-dealkylation sites (N-methyl/N-ethyl adjacent to an activating group) is 1. The summed E-state index contributed by atoms with van der Waals surface area (Å²) < 4.78 is 11.2. The van der Waals surface area contributed by atoms with E-state index in [-0.39, 0.29) is 18.2 Å². The number of hydrogen-bond donors (Lipinski definition) is 1. The Morgan fingerprint density at radius 2 is 1.73 bits per heavy atom. The van der Waals surface area contributed by atoms with E-state index in [1.54, 1.807) is 24.0 Å². The van der Waals surface area contributed by atoms with Crippen LogP contribution >= 0.6 is 11.6 Å². The molecule has 160 valence electrons. The largest absolute Gasteiger partial charge is 0.486 e. The number of halogens is 1. The quantitative estimate of drug-likeness (QED) is 0.694. The van der Waals surface area contributed by atoms with Gasteiger partial charge in [-0.3, -0.25) is 9.59 Å². The lowest BCUT2D eigenvalue weighted by atomic mass is 10.1. The summed E-state index contributed by atoms with van der Waals surface area (Å²) in [6.07, 6.45) is 0.839. The number of nitrogens with one attached hydrogen (secondary N) is 1. The van der Waals surface area contributed by atoms with Crippen molar-refractivity contribution in [1.82, 2.24) is 10.2 Å². The molecule has 2 aromatic carbocycles. The fraction of sp³-hybridized carbons (Fsp3) is 0.391. The number of carbonyl (C=O) groups excluding carboxylic acids is 2. The molecule has 1 N–H and O–H groups in total. The third kappa shape index (κ3) is 5.66. The number of ether oxygens (including phenoxy) is 2. The molecular weight excluding hydrogens is 404 g/mol. The van der Waals surface area contributed by atoms with Crippen LogP contribution in [-0.4, -0.2) is 42.5 Å². The molecule has 1 atom stereocenters. The van der Waals surface area contributed by atoms with Crippen molar-refractivity contribution in [2.45, 2.75) is 39.3 Å². The van der Waals surface area contributed by atoms with Crippen LogP contribution in [0.25, 0.3) is 0 Å². The molecule has 0 radical (unpaired) electrons. The summed E-state index contributed by atoms with van der Waals surface area (Å²) in [5.41, 5.74) is 1.91. The van der Waals surface area contributed by atoms with Crippen molar-refractivity contribution < 1.29 is 19.1 Å². The highest BCUT2D eigenvalue weighted by molar-refractivity contribution is 6.30. The summed E-state index contributed by atoms with van der Waals surface area (Å²) in [4.78, 5) is 27.1. The molecule has 1 aliphatic heterocycles. The Hall–Kier alpha value is -2.73. The third-order valence-corrected chi connectivity index (χ3v) is 5.27. The van der Waals surface area contributed by atoms with E-state index in [0.717, 1.165) is 16.9 Å². The van der Waals surface area contributed by atoms with E-state index in [9.17, 15) is 9.59 Å². The van der Waals surface area contributed by atoms with Crippen LogP contribution in [0.5, 0.6) is 11.5 Å². The first-order chi connectivity index (χ1) is 14.5. The number of amides is 2. The minimum Gasteiger partial charge on any atom is -0.486 e. The summed E-state index contributed by atoms with van der Waals surface area (Å²) >= 11 is 5.97. The lowest BCUT2D eigenvalue weighted by Gasteiger charge is -2.29. The molecule has 0 bridgehead atoms. The summed E-state index contributed by atoms with van der Waals surface area (Å²) in [6, 6.07) is 12.5. The van der Waals surface area contributed by atoms with Gasteiger partial charge >= 0.3 is 0 Å². The molecule has 0 spiro atoms. The number of fused-ring (bicyclic) bond motifs is 1. The van der Waals surface area contributed by atoms with Crippen LogP contribution < -0.4 is 14.8 Å². The van der Waals surface area contributed by atoms with Gasteiger partial charge in [0.25, 0.3) is 0 Å². The van der Waals surface area contributed by atoms with E-state index >= 15 is 0 Å². The molecule has 0 aromatic heterocycles. The van der Waals surface area contributed by atoms with Crippen LogP contribution in [0.4, 0.5) is 0 Å². The average molecular weight is 431 g/mol. The van der Waals surface area contributed by atoms with E-state index in [1.807, 2.05) is 37.3 Å². The maximum absolute atomic E-state index is 13.1. The second-order valence-electron chi connectivity index (χ2n) is 7.20. The number of rotatable bonds is 8. The van der Waals surface area contributed by atoms with Gasteiger partial charge < -0.3 is 19.7 Å². The van der Waals surface area contributed by atoms with Crippen LogP contribution in [0.2, 0.25) is 5.02 Å². The fourth-order valence-corrected chi connectivity index (χ4v) is 3.46. The number of benzene rings is 2. The van der Waals surface area contributed by atoms with Crippen molar-refractivity contribution in [1.29, 1.82) is 0 Å². The van der Waals surface area contributed by atoms with Gasteiger partial charge in [0, 0.05) is 24.5 Å². The van der Waals surface area contributed by atoms with Crippen molar-refractivity contribution in [3.8, 4) is 11.5 Å². The van der Waals surface area contributed by atoms with Gasteiger partial charge in [-0.05, 0) is 55.7 Å². The van der Waals surface area contributed by atoms with E-state index < -0.39 is 6.04 Å². The molecule has 2 amide bonds. The number of aryl methyl sites for hydroxylation is 1. The van der Waals surface area contributed by atoms with Crippen molar-refractivity contribution in [3.63, 3.8) is 0 Å². The zero-order chi connectivity index (χ0) is 21.5. The fourth-order valence-electron chi connectivity index (χ4n) is 3.33. The number of nitrogens with zero attached hydrogens (tertiary/aromatic N) is 1. The predicted molar refractivity (Wildman–Crippen MR) is 116 cm³/mol. The highest BCUT2D eigenvalue weighted by Gasteiger charge is 2.25. The SMILES string of the molecule is CCNC(=O)[C@H](C)N(Cc1ccc(Cl)cc1)C(=O)CCc1ccc2c(c1)OCCO2. The first kappa shape index (κ1) is 22.0. The second kappa shape index (κ2) is 10.3. The smallest absolute Gasteiger partial charge is 0.242 e. The molecule has 0 fully saturated rings. The van der Waals surface area contributed by atoms with Crippen molar-refractivity contribution in [2.24, 2.45) is 0 Å². The molecule has 3 rings (SSSR count). The standard InChI is InChI=1S/C23H27ClN2O4/c1-3-25-23(28)16(2)26(15-18-4-8-19(24)9-5-18)22(27)11-7-17-6-10-20-21(14-17)30-13-12-29-20/h4-6,8-10,14,16H,3,7,11-13,15H2,1-2H3,(H,25,28)/t16-/m0/s1. The molecule has 0 saturated heterocycles. The lowest BCUT2D eigenvalue weighted by Crippen LogP contribution is -2.47. The highest BCUT2D eigenvalue weighted by Crippen LogP contribution is 2.31. The van der Waals surface area contributed by atoms with Crippen LogP contribution in [0.15, 0.2) is 42.5 Å². The van der Waals surface area contributed by atoms with Gasteiger partial charge in [0.15, 0.2) is 11.5 Å². The summed E-state index contributed by atoms with van der Waals surface area (Å²) in [5.74, 6) is 1.18. The first-order valence-electron chi connectivity index (χ1n) is 10.2. The van der Waals surface area contributed by atoms with Crippen LogP contribution in [-0.2, 0) is 22.6 Å². The summed E-state index contributed by atoms with van der Waals surface area (Å²) in [7, 11) is 0. The normalized spacial score (nSPS) is 13.4. The topological polar surface area (TPSA) is 67.9 Å². The number of hydrogen-bond acceptors (Lipinski definition) is 4. The molecule has 1 heterocycles. The van der Waals surface area contributed by atoms with Crippen molar-refractivity contribution >= 4 is 23.4 Å². The maximum atomic E-state index is 13.1. The van der Waals surface area contributed by atoms with Gasteiger partial charge in [-0.15, -0.1) is 0 Å². The van der Waals surface area contributed by atoms with Gasteiger partial charge in [-0.2, -0.15) is 0 Å². The molecule has 30 heavy (non-hydrogen) atoms. The maximum Gasteiger partial charge on any atom is 0.242 e. The minimum atomic E-state index is -0.576. The Morgan fingerprint density at radius 1 is 1.07 bits per heavy atom. The van der Waals surface area contributed by atoms with Crippen molar-refractivity contribution in [2.75, 3.05) is 19.8 Å². The van der Waals surface area contributed by atoms with Gasteiger partial charge in [0.2, 0.25) is 11.8 Å². The third-order valence-electron chi connectivity index (χ3n) is 5.02. The van der Waals surface area contributed by atoms with Crippen molar-refractivity contribution in [3.05, 3.63) is 58.6 Å². The average Bonchev–Trinajstić information content (AvgIpc) is 2.76. The molecular formula is C23H27ClN2O4. The van der Waals surface area contributed by atoms with E-state index in [0.29, 0.717) is 43.5 Å². The highest BCUT2D eigenvalue weighted by atomic mass is 35.5. The minimum absolute atomic E-state index is 0.0846. The lowest BCUT2D eigenvalue weighted by molar-refractivity contribution is -0.140. The predicted octanol–water partition coefficient (Wildman–Crippen LogP) is 3.60. The Morgan fingerprint density at radius 3 is 2.43 bits per heavy atom. The molecule has 2 aromatic rings. The van der Waals surface area contributed by atoms with E-state index in [1.165, 1.54) is 0 Å².